The van der Waals surface area contributed by atoms with Crippen molar-refractivity contribution < 1.29 is 33.4 Å². The highest BCUT2D eigenvalue weighted by atomic mass is 32.1. The number of pyridine rings is 1. The number of fused-ring (bicyclic) bond motifs is 6. The van der Waals surface area contributed by atoms with Gasteiger partial charge in [0, 0.05) is 92.3 Å². The molecule has 7 rings (SSSR count). The molecule has 2 N–H and O–H groups in total. The highest BCUT2D eigenvalue weighted by Gasteiger charge is 2.39. The number of hydrazine groups is 1. The highest BCUT2D eigenvalue weighted by Crippen LogP contribution is 2.42. The first kappa shape index (κ1) is 48.0. The Labute approximate surface area is 386 Å². The molecule has 6 heterocycles. The van der Waals surface area contributed by atoms with Crippen LogP contribution in [0.5, 0.6) is 0 Å². The number of cyclic esters (lactones) is 1. The first-order valence-electron chi connectivity index (χ1n) is 22.9. The number of rotatable bonds is 10. The second kappa shape index (κ2) is 20.3. The third kappa shape index (κ3) is 10.5. The van der Waals surface area contributed by atoms with Crippen LogP contribution in [0.3, 0.4) is 0 Å². The molecule has 0 spiro atoms. The first-order chi connectivity index (χ1) is 31.0. The van der Waals surface area contributed by atoms with Gasteiger partial charge in [-0.3, -0.25) is 24.4 Å². The van der Waals surface area contributed by atoms with Gasteiger partial charge in [-0.15, -0.1) is 11.3 Å². The van der Waals surface area contributed by atoms with Gasteiger partial charge in [0.15, 0.2) is 0 Å². The van der Waals surface area contributed by atoms with Crippen molar-refractivity contribution in [3.63, 3.8) is 0 Å². The van der Waals surface area contributed by atoms with E-state index in [2.05, 4.69) is 60.3 Å². The standard InChI is InChI=1S/C48H67N9O7S/c1-11-56-39-17-16-31-22-34(39)35(43(56)33-14-12-18-49-41(33)30(4)62-10)24-48(5,6)28-64-46(60)36-15-13-19-57(52-36)45(59)37(23-40-50-38(31)27-65-40)51-44(58)42(29(2)3)54(9)47(61)55-20-21-63-32(26-55)25-53(7)8/h12,14,16-18,22,27,29-30,32,36-37,42,52H,11,13,15,19-21,23-26,28H2,1-10H3,(H,51,58)/t30-,32+,36-,37-,42-/m0/s1. The van der Waals surface area contributed by atoms with E-state index in [1.807, 2.05) is 51.2 Å². The third-order valence-electron chi connectivity index (χ3n) is 12.8. The summed E-state index contributed by atoms with van der Waals surface area (Å²) in [5, 5.41) is 8.20. The maximum Gasteiger partial charge on any atom is 0.324 e. The van der Waals surface area contributed by atoms with Crippen molar-refractivity contribution in [2.24, 2.45) is 11.3 Å². The third-order valence-corrected chi connectivity index (χ3v) is 13.6. The van der Waals surface area contributed by atoms with Gasteiger partial charge in [0.05, 0.1) is 47.5 Å². The summed E-state index contributed by atoms with van der Waals surface area (Å²) in [4.78, 5) is 72.2. The highest BCUT2D eigenvalue weighted by molar-refractivity contribution is 7.10. The number of hydrogen-bond donors (Lipinski definition) is 2. The topological polar surface area (TPSA) is 164 Å². The van der Waals surface area contributed by atoms with Crippen molar-refractivity contribution in [2.45, 2.75) is 104 Å². The minimum absolute atomic E-state index is 0.0974. The largest absolute Gasteiger partial charge is 0.464 e. The van der Waals surface area contributed by atoms with E-state index in [-0.39, 0.29) is 37.2 Å². The average Bonchev–Trinajstić information content (AvgIpc) is 3.88. The summed E-state index contributed by atoms with van der Waals surface area (Å²) in [6.07, 6.45) is 3.11. The lowest BCUT2D eigenvalue weighted by Gasteiger charge is -2.39. The molecule has 0 aliphatic carbocycles. The van der Waals surface area contributed by atoms with Crippen molar-refractivity contribution in [1.82, 2.24) is 45.0 Å². The molecule has 4 amide bonds. The number of methoxy groups -OCH3 is 1. The maximum absolute atomic E-state index is 14.6. The molecule has 352 valence electrons. The molecule has 3 aliphatic rings. The molecule has 16 nitrogen and oxygen atoms in total. The van der Waals surface area contributed by atoms with Gasteiger partial charge >= 0.3 is 12.0 Å². The fraction of sp³-hybridized carbons (Fsp3) is 0.583. The Hall–Kier alpha value is -4.94. The van der Waals surface area contributed by atoms with Crippen molar-refractivity contribution in [2.75, 3.05) is 67.6 Å². The molecule has 1 aromatic carbocycles. The summed E-state index contributed by atoms with van der Waals surface area (Å²) in [7, 11) is 7.25. The van der Waals surface area contributed by atoms with E-state index in [0.29, 0.717) is 63.6 Å². The quantitative estimate of drug-likeness (QED) is 0.192. The number of urea groups is 1. The summed E-state index contributed by atoms with van der Waals surface area (Å²) in [5.41, 5.74) is 9.36. The van der Waals surface area contributed by atoms with E-state index in [1.54, 1.807) is 25.3 Å². The lowest BCUT2D eigenvalue weighted by atomic mass is 9.84. The molecule has 2 fully saturated rings. The molecule has 5 atom stereocenters. The van der Waals surface area contributed by atoms with E-state index in [4.69, 9.17) is 24.2 Å². The first-order valence-corrected chi connectivity index (χ1v) is 23.8. The lowest BCUT2D eigenvalue weighted by molar-refractivity contribution is -0.155. The summed E-state index contributed by atoms with van der Waals surface area (Å²) in [5.74, 6) is -1.58. The normalized spacial score (nSPS) is 21.6. The summed E-state index contributed by atoms with van der Waals surface area (Å²) < 4.78 is 20.2. The predicted octanol–water partition coefficient (Wildman–Crippen LogP) is 5.54. The number of ether oxygens (including phenoxy) is 3. The number of esters is 1. The Kier molecular flexibility index (Phi) is 15.0. The van der Waals surface area contributed by atoms with Crippen LogP contribution in [-0.2, 0) is 48.0 Å². The van der Waals surface area contributed by atoms with Crippen molar-refractivity contribution in [3.05, 3.63) is 58.2 Å². The molecule has 65 heavy (non-hydrogen) atoms. The number of aryl methyl sites for hydroxylation is 1. The van der Waals surface area contributed by atoms with Crippen LogP contribution in [0.1, 0.15) is 76.8 Å². The zero-order valence-corrected chi connectivity index (χ0v) is 40.5. The van der Waals surface area contributed by atoms with Crippen molar-refractivity contribution in [1.29, 1.82) is 0 Å². The van der Waals surface area contributed by atoms with E-state index in [0.717, 1.165) is 44.7 Å². The van der Waals surface area contributed by atoms with Gasteiger partial charge in [0.25, 0.3) is 5.91 Å². The molecule has 4 aromatic rings. The second-order valence-electron chi connectivity index (χ2n) is 19.1. The Bertz CT molecular complexity index is 2360. The van der Waals surface area contributed by atoms with E-state index < -0.39 is 41.3 Å². The molecule has 0 radical (unpaired) electrons. The number of morpholine rings is 1. The summed E-state index contributed by atoms with van der Waals surface area (Å²) in [6, 6.07) is 7.47. The van der Waals surface area contributed by atoms with Crippen molar-refractivity contribution in [3.8, 4) is 22.5 Å². The van der Waals surface area contributed by atoms with Crippen LogP contribution in [0.2, 0.25) is 0 Å². The van der Waals surface area contributed by atoms with E-state index >= 15 is 0 Å². The maximum atomic E-state index is 14.6. The Morgan fingerprint density at radius 3 is 2.63 bits per heavy atom. The predicted molar refractivity (Wildman–Crippen MR) is 251 cm³/mol. The summed E-state index contributed by atoms with van der Waals surface area (Å²) >= 11 is 1.42. The molecule has 2 saturated heterocycles. The van der Waals surface area contributed by atoms with E-state index in [9.17, 15) is 19.2 Å². The fourth-order valence-electron chi connectivity index (χ4n) is 9.50. The minimum atomic E-state index is -1.06. The number of benzene rings is 1. The Morgan fingerprint density at radius 1 is 1.12 bits per heavy atom. The van der Waals surface area contributed by atoms with E-state index in [1.165, 1.54) is 21.2 Å². The molecule has 3 aromatic heterocycles. The monoisotopic (exact) mass is 913 g/mol. The van der Waals surface area contributed by atoms with Crippen LogP contribution in [0.15, 0.2) is 41.9 Å². The molecule has 0 unspecified atom stereocenters. The van der Waals surface area contributed by atoms with Gasteiger partial charge in [-0.1, -0.05) is 33.8 Å². The zero-order chi connectivity index (χ0) is 46.7. The Balaban J connectivity index is 1.26. The number of hydrogen-bond acceptors (Lipinski definition) is 12. The van der Waals surface area contributed by atoms with Gasteiger partial charge in [-0.2, -0.15) is 0 Å². The van der Waals surface area contributed by atoms with Crippen LogP contribution in [0, 0.1) is 11.3 Å². The molecular weight excluding hydrogens is 847 g/mol. The lowest BCUT2D eigenvalue weighted by Crippen LogP contribution is -2.63. The SMILES string of the molecule is CCn1c(-c2cccnc2[C@H](C)OC)c2c3cc(ccc31)-c1csc(n1)C[C@H](NC(=O)[C@H](C(C)C)N(C)C(=O)N1CCO[C@H](CN(C)C)C1)C(=O)N1CCC[C@H](N1)C(=O)OCC(C)(C)C2. The van der Waals surface area contributed by atoms with Gasteiger partial charge in [0.2, 0.25) is 5.91 Å². The van der Waals surface area contributed by atoms with Crippen LogP contribution < -0.4 is 10.7 Å². The van der Waals surface area contributed by atoms with Gasteiger partial charge in [-0.25, -0.2) is 15.2 Å². The van der Waals surface area contributed by atoms with Gasteiger partial charge in [-0.05, 0) is 83.0 Å². The number of likely N-dealkylation sites (N-methyl/N-ethyl adjacent to an activating group) is 2. The Morgan fingerprint density at radius 2 is 1.91 bits per heavy atom. The number of nitrogens with zero attached hydrogens (tertiary/aromatic N) is 7. The number of thiazole rings is 1. The smallest absolute Gasteiger partial charge is 0.324 e. The van der Waals surface area contributed by atoms with Crippen LogP contribution in [0.4, 0.5) is 4.79 Å². The molecule has 3 aliphatic heterocycles. The fourth-order valence-corrected chi connectivity index (χ4v) is 10.4. The number of aromatic nitrogens is 3. The average molecular weight is 914 g/mol. The zero-order valence-electron chi connectivity index (χ0n) is 39.7. The molecule has 6 bridgehead atoms. The van der Waals surface area contributed by atoms with Crippen LogP contribution in [0.25, 0.3) is 33.4 Å². The van der Waals surface area contributed by atoms with Crippen molar-refractivity contribution >= 4 is 46.1 Å². The number of carbonyl (C=O) groups is 4. The summed E-state index contributed by atoms with van der Waals surface area (Å²) in [6.45, 7) is 15.2. The minimum Gasteiger partial charge on any atom is -0.464 e. The van der Waals surface area contributed by atoms with Crippen LogP contribution >= 0.6 is 11.3 Å². The number of carbonyl (C=O) groups excluding carboxylic acids is 4. The van der Waals surface area contributed by atoms with Crippen LogP contribution in [-0.4, -0.2) is 150 Å². The number of nitrogens with one attached hydrogen (secondary N) is 2. The second-order valence-corrected chi connectivity index (χ2v) is 20.0. The molecule has 17 heteroatoms. The molecular formula is C48H67N9O7S. The molecule has 0 saturated carbocycles. The number of amides is 4. The van der Waals surface area contributed by atoms with Gasteiger partial charge < -0.3 is 38.8 Å². The van der Waals surface area contributed by atoms with Gasteiger partial charge in [0.1, 0.15) is 18.1 Å².